The SMILES string of the molecule is O=C(c1cc2ccccc2o1)N1CCC[C@H](Oc2cccnn2)C1. The topological polar surface area (TPSA) is 68.5 Å². The third kappa shape index (κ3) is 2.95. The summed E-state index contributed by atoms with van der Waals surface area (Å²) in [6.07, 6.45) is 3.30. The van der Waals surface area contributed by atoms with Gasteiger partial charge in [0, 0.05) is 24.2 Å². The highest BCUT2D eigenvalue weighted by atomic mass is 16.5. The van der Waals surface area contributed by atoms with Crippen molar-refractivity contribution < 1.29 is 13.9 Å². The molecule has 1 amide bonds. The Kier molecular flexibility index (Phi) is 3.86. The molecule has 0 spiro atoms. The summed E-state index contributed by atoms with van der Waals surface area (Å²) in [5.41, 5.74) is 0.727. The zero-order chi connectivity index (χ0) is 16.4. The van der Waals surface area contributed by atoms with Crippen molar-refractivity contribution in [3.63, 3.8) is 0 Å². The Hall–Kier alpha value is -2.89. The second kappa shape index (κ2) is 6.31. The van der Waals surface area contributed by atoms with E-state index in [0.717, 1.165) is 23.8 Å². The highest BCUT2D eigenvalue weighted by molar-refractivity contribution is 5.96. The maximum Gasteiger partial charge on any atom is 0.289 e. The van der Waals surface area contributed by atoms with Crippen LogP contribution in [0.1, 0.15) is 23.4 Å². The number of para-hydroxylation sites is 1. The molecule has 0 aliphatic carbocycles. The van der Waals surface area contributed by atoms with Crippen molar-refractivity contribution in [2.24, 2.45) is 0 Å². The van der Waals surface area contributed by atoms with E-state index in [1.807, 2.05) is 24.3 Å². The van der Waals surface area contributed by atoms with E-state index < -0.39 is 0 Å². The van der Waals surface area contributed by atoms with Crippen molar-refractivity contribution in [2.75, 3.05) is 13.1 Å². The molecule has 6 heteroatoms. The molecule has 0 saturated carbocycles. The summed E-state index contributed by atoms with van der Waals surface area (Å²) in [5, 5.41) is 8.68. The molecule has 3 aromatic rings. The van der Waals surface area contributed by atoms with Crippen molar-refractivity contribution in [1.29, 1.82) is 0 Å². The van der Waals surface area contributed by atoms with Gasteiger partial charge in [0.2, 0.25) is 5.88 Å². The molecule has 6 nitrogen and oxygen atoms in total. The Morgan fingerprint density at radius 3 is 3.00 bits per heavy atom. The molecule has 0 unspecified atom stereocenters. The van der Waals surface area contributed by atoms with Crippen LogP contribution >= 0.6 is 0 Å². The van der Waals surface area contributed by atoms with Crippen LogP contribution in [0.3, 0.4) is 0 Å². The quantitative estimate of drug-likeness (QED) is 0.741. The van der Waals surface area contributed by atoms with E-state index in [4.69, 9.17) is 9.15 Å². The first-order valence-corrected chi connectivity index (χ1v) is 8.02. The summed E-state index contributed by atoms with van der Waals surface area (Å²) in [6, 6.07) is 13.0. The number of ether oxygens (including phenoxy) is 1. The van der Waals surface area contributed by atoms with Crippen molar-refractivity contribution >= 4 is 16.9 Å². The van der Waals surface area contributed by atoms with E-state index >= 15 is 0 Å². The van der Waals surface area contributed by atoms with Crippen LogP contribution < -0.4 is 4.74 Å². The number of rotatable bonds is 3. The molecule has 0 radical (unpaired) electrons. The number of benzene rings is 1. The molecule has 1 atom stereocenters. The van der Waals surface area contributed by atoms with Crippen LogP contribution in [-0.2, 0) is 0 Å². The van der Waals surface area contributed by atoms with Gasteiger partial charge in [-0.25, -0.2) is 0 Å². The number of amides is 1. The number of hydrogen-bond acceptors (Lipinski definition) is 5. The van der Waals surface area contributed by atoms with Crippen LogP contribution in [0.15, 0.2) is 53.1 Å². The average Bonchev–Trinajstić information content (AvgIpc) is 3.06. The van der Waals surface area contributed by atoms with Crippen LogP contribution in [-0.4, -0.2) is 40.2 Å². The van der Waals surface area contributed by atoms with Crippen LogP contribution in [0, 0.1) is 0 Å². The summed E-state index contributed by atoms with van der Waals surface area (Å²) >= 11 is 0. The lowest BCUT2D eigenvalue weighted by Gasteiger charge is -2.31. The summed E-state index contributed by atoms with van der Waals surface area (Å²) in [4.78, 5) is 14.5. The van der Waals surface area contributed by atoms with Gasteiger partial charge in [-0.3, -0.25) is 4.79 Å². The first-order chi connectivity index (χ1) is 11.8. The summed E-state index contributed by atoms with van der Waals surface area (Å²) < 4.78 is 11.5. The summed E-state index contributed by atoms with van der Waals surface area (Å²) in [7, 11) is 0. The van der Waals surface area contributed by atoms with Crippen molar-refractivity contribution in [2.45, 2.75) is 18.9 Å². The lowest BCUT2D eigenvalue weighted by molar-refractivity contribution is 0.0500. The van der Waals surface area contributed by atoms with Gasteiger partial charge in [0.05, 0.1) is 6.54 Å². The van der Waals surface area contributed by atoms with Crippen molar-refractivity contribution in [3.05, 3.63) is 54.4 Å². The van der Waals surface area contributed by atoms with Crippen molar-refractivity contribution in [3.8, 4) is 5.88 Å². The Balaban J connectivity index is 1.48. The average molecular weight is 323 g/mol. The van der Waals surface area contributed by atoms with Gasteiger partial charge < -0.3 is 14.1 Å². The number of aromatic nitrogens is 2. The molecule has 1 saturated heterocycles. The number of carbonyl (C=O) groups is 1. The number of nitrogens with zero attached hydrogens (tertiary/aromatic N) is 3. The molecule has 1 aliphatic rings. The van der Waals surface area contributed by atoms with Crippen LogP contribution in [0.25, 0.3) is 11.0 Å². The first kappa shape index (κ1) is 14.7. The molecular formula is C18H17N3O3. The lowest BCUT2D eigenvalue weighted by atomic mass is 10.1. The second-order valence-electron chi connectivity index (χ2n) is 5.84. The number of likely N-dealkylation sites (tertiary alicyclic amines) is 1. The van der Waals surface area contributed by atoms with Crippen molar-refractivity contribution in [1.82, 2.24) is 15.1 Å². The fourth-order valence-corrected chi connectivity index (χ4v) is 2.98. The Morgan fingerprint density at radius 1 is 1.25 bits per heavy atom. The zero-order valence-corrected chi connectivity index (χ0v) is 13.1. The van der Waals surface area contributed by atoms with E-state index in [1.165, 1.54) is 0 Å². The smallest absolute Gasteiger partial charge is 0.289 e. The summed E-state index contributed by atoms with van der Waals surface area (Å²) in [5.74, 6) is 0.760. The van der Waals surface area contributed by atoms with E-state index in [-0.39, 0.29) is 12.0 Å². The van der Waals surface area contributed by atoms with Crippen LogP contribution in [0.4, 0.5) is 0 Å². The van der Waals surface area contributed by atoms with E-state index in [0.29, 0.717) is 24.7 Å². The molecule has 2 aromatic heterocycles. The van der Waals surface area contributed by atoms with E-state index in [9.17, 15) is 4.79 Å². The maximum absolute atomic E-state index is 12.7. The summed E-state index contributed by atoms with van der Waals surface area (Å²) in [6.45, 7) is 1.22. The molecule has 0 bridgehead atoms. The maximum atomic E-state index is 12.7. The highest BCUT2D eigenvalue weighted by Crippen LogP contribution is 2.22. The minimum absolute atomic E-state index is 0.0798. The minimum atomic E-state index is -0.0985. The number of piperidine rings is 1. The van der Waals surface area contributed by atoms with Gasteiger partial charge in [-0.15, -0.1) is 5.10 Å². The second-order valence-corrected chi connectivity index (χ2v) is 5.84. The fourth-order valence-electron chi connectivity index (χ4n) is 2.98. The standard InChI is InChI=1S/C18H17N3O3/c22-18(16-11-13-5-1-2-7-15(13)24-16)21-10-4-6-14(12-21)23-17-8-3-9-19-20-17/h1-3,5,7-9,11,14H,4,6,10,12H2/t14-/m0/s1. The molecule has 4 rings (SSSR count). The highest BCUT2D eigenvalue weighted by Gasteiger charge is 2.27. The monoisotopic (exact) mass is 323 g/mol. The molecule has 1 fully saturated rings. The van der Waals surface area contributed by atoms with Gasteiger partial charge >= 0.3 is 0 Å². The Bertz CT molecular complexity index is 814. The predicted octanol–water partition coefficient (Wildman–Crippen LogP) is 2.91. The van der Waals surface area contributed by atoms with Gasteiger partial charge in [-0.2, -0.15) is 5.10 Å². The molecule has 1 aliphatic heterocycles. The lowest BCUT2D eigenvalue weighted by Crippen LogP contribution is -2.44. The fraction of sp³-hybridized carbons (Fsp3) is 0.278. The molecule has 24 heavy (non-hydrogen) atoms. The van der Waals surface area contributed by atoms with Gasteiger partial charge in [-0.1, -0.05) is 18.2 Å². The van der Waals surface area contributed by atoms with Gasteiger partial charge in [0.1, 0.15) is 11.7 Å². The van der Waals surface area contributed by atoms with Gasteiger partial charge in [0.25, 0.3) is 5.91 Å². The van der Waals surface area contributed by atoms with Gasteiger partial charge in [0.15, 0.2) is 5.76 Å². The van der Waals surface area contributed by atoms with Gasteiger partial charge in [-0.05, 0) is 31.0 Å². The van der Waals surface area contributed by atoms with E-state index in [2.05, 4.69) is 10.2 Å². The van der Waals surface area contributed by atoms with E-state index in [1.54, 1.807) is 29.3 Å². The third-order valence-electron chi connectivity index (χ3n) is 4.14. The first-order valence-electron chi connectivity index (χ1n) is 8.02. The largest absolute Gasteiger partial charge is 0.471 e. The Labute approximate surface area is 139 Å². The molecular weight excluding hydrogens is 306 g/mol. The number of hydrogen-bond donors (Lipinski definition) is 0. The number of carbonyl (C=O) groups excluding carboxylic acids is 1. The minimum Gasteiger partial charge on any atom is -0.471 e. The van der Waals surface area contributed by atoms with Crippen LogP contribution in [0.2, 0.25) is 0 Å². The van der Waals surface area contributed by atoms with Crippen LogP contribution in [0.5, 0.6) is 5.88 Å². The normalized spacial score (nSPS) is 17.8. The molecule has 3 heterocycles. The zero-order valence-electron chi connectivity index (χ0n) is 13.1. The molecule has 1 aromatic carbocycles. The predicted molar refractivity (Wildman–Crippen MR) is 87.8 cm³/mol. The third-order valence-corrected chi connectivity index (χ3v) is 4.14. The molecule has 0 N–H and O–H groups in total. The number of fused-ring (bicyclic) bond motifs is 1. The molecule has 122 valence electrons. The number of furan rings is 1. The Morgan fingerprint density at radius 2 is 2.17 bits per heavy atom.